The molecule has 57 heavy (non-hydrogen) atoms. The van der Waals surface area contributed by atoms with Crippen LogP contribution in [0.2, 0.25) is 0 Å². The molecular weight excluding hydrogens is 756 g/mol. The molecule has 21 atom stereocenters. The van der Waals surface area contributed by atoms with Crippen molar-refractivity contribution in [3.63, 3.8) is 0 Å². The molecule has 0 aromatic rings. The topological polar surface area (TPSA) is 295 Å². The van der Waals surface area contributed by atoms with Crippen LogP contribution in [0.5, 0.6) is 0 Å². The van der Waals surface area contributed by atoms with E-state index in [1.807, 2.05) is 13.8 Å². The minimum atomic E-state index is -1.92. The van der Waals surface area contributed by atoms with Crippen LogP contribution in [0.15, 0.2) is 12.2 Å². The molecule has 3 heterocycles. The molecule has 6 rings (SSSR count). The maximum Gasteiger partial charge on any atom is 0.309 e. The van der Waals surface area contributed by atoms with E-state index in [4.69, 9.17) is 28.4 Å². The van der Waals surface area contributed by atoms with Crippen molar-refractivity contribution < 1.29 is 89.4 Å². The number of ether oxygens (including phenoxy) is 6. The molecular formula is C39H64O18. The second-order valence-electron chi connectivity index (χ2n) is 18.4. The minimum absolute atomic E-state index is 0.0435. The van der Waals surface area contributed by atoms with Crippen LogP contribution >= 0.6 is 0 Å². The smallest absolute Gasteiger partial charge is 0.309 e. The third kappa shape index (κ3) is 7.85. The Kier molecular flexibility index (Phi) is 13.3. The van der Waals surface area contributed by atoms with Gasteiger partial charge in [-0.3, -0.25) is 4.79 Å². The fraction of sp³-hybridized carbons (Fsp3) is 0.923. The van der Waals surface area contributed by atoms with Crippen LogP contribution in [0, 0.1) is 28.1 Å². The number of rotatable bonds is 10. The number of carboxylic acid groups (broad SMARTS) is 1. The first kappa shape index (κ1) is 45.1. The molecule has 0 amide bonds. The van der Waals surface area contributed by atoms with Crippen LogP contribution in [-0.4, -0.2) is 180 Å². The molecule has 0 bridgehead atoms. The van der Waals surface area contributed by atoms with E-state index in [0.29, 0.717) is 31.3 Å². The van der Waals surface area contributed by atoms with Gasteiger partial charge in [-0.1, -0.05) is 26.8 Å². The van der Waals surface area contributed by atoms with Crippen molar-refractivity contribution in [2.24, 2.45) is 28.1 Å². The Balaban J connectivity index is 1.34. The lowest BCUT2D eigenvalue weighted by Crippen LogP contribution is -2.67. The lowest BCUT2D eigenvalue weighted by molar-refractivity contribution is -0.398. The molecule has 6 aliphatic rings. The number of aliphatic carboxylic acids is 1. The van der Waals surface area contributed by atoms with Crippen molar-refractivity contribution in [1.82, 2.24) is 0 Å². The zero-order valence-corrected chi connectivity index (χ0v) is 33.1. The van der Waals surface area contributed by atoms with E-state index in [1.54, 1.807) is 0 Å². The number of aliphatic hydroxyl groups is 10. The molecule has 3 saturated carbocycles. The van der Waals surface area contributed by atoms with Gasteiger partial charge in [-0.25, -0.2) is 0 Å². The molecule has 0 radical (unpaired) electrons. The van der Waals surface area contributed by atoms with Crippen molar-refractivity contribution in [1.29, 1.82) is 0 Å². The third-order valence-corrected chi connectivity index (χ3v) is 14.8. The summed E-state index contributed by atoms with van der Waals surface area (Å²) in [4.78, 5) is 12.7. The zero-order chi connectivity index (χ0) is 42.0. The standard InChI is InChI=1S/C39H64O18/c1-17-13-36(2)11-7-22-37(3,9-6-10-38(22,4)35(50)51)21(36)8-12-39(17,5)57-34-31(56-33-29(49)27(47)24(44)19(15-41)53-33)30(25(45)20(16-42)54-34)55-32-28(48)26(46)23(43)18(14-40)52-32/h18-34,40-49H,1,6-16H2,2-5H3,(H,50,51)/t18?,19?,20?,21?,22?,23?,24?,25?,26?,27?,28?,29?,30?,31?,32?,33?,34?,36-,37+,38-,39-/m1/s1. The van der Waals surface area contributed by atoms with Crippen molar-refractivity contribution in [3.05, 3.63) is 12.2 Å². The van der Waals surface area contributed by atoms with E-state index in [-0.39, 0.29) is 22.7 Å². The first-order chi connectivity index (χ1) is 26.7. The first-order valence-electron chi connectivity index (χ1n) is 20.2. The molecule has 3 aliphatic carbocycles. The number of hydrogen-bond acceptors (Lipinski definition) is 17. The summed E-state index contributed by atoms with van der Waals surface area (Å²) in [6, 6.07) is 0. The average Bonchev–Trinajstić information content (AvgIpc) is 3.26. The number of fused-ring (bicyclic) bond motifs is 3. The molecule has 18 heteroatoms. The van der Waals surface area contributed by atoms with Gasteiger partial charge in [0.2, 0.25) is 0 Å². The van der Waals surface area contributed by atoms with E-state index in [0.717, 1.165) is 25.7 Å². The van der Waals surface area contributed by atoms with Gasteiger partial charge in [0, 0.05) is 0 Å². The van der Waals surface area contributed by atoms with E-state index in [1.165, 1.54) is 0 Å². The van der Waals surface area contributed by atoms with E-state index in [2.05, 4.69) is 20.4 Å². The van der Waals surface area contributed by atoms with Gasteiger partial charge in [-0.15, -0.1) is 0 Å². The second kappa shape index (κ2) is 16.8. The Bertz CT molecular complexity index is 1430. The second-order valence-corrected chi connectivity index (χ2v) is 18.4. The third-order valence-electron chi connectivity index (χ3n) is 14.8. The van der Waals surface area contributed by atoms with Crippen LogP contribution in [0.1, 0.15) is 79.1 Å². The van der Waals surface area contributed by atoms with E-state index >= 15 is 0 Å². The fourth-order valence-electron chi connectivity index (χ4n) is 11.3. The van der Waals surface area contributed by atoms with E-state index in [9.17, 15) is 61.0 Å². The average molecular weight is 821 g/mol. The highest BCUT2D eigenvalue weighted by Crippen LogP contribution is 2.68. The summed E-state index contributed by atoms with van der Waals surface area (Å²) < 4.78 is 36.5. The monoisotopic (exact) mass is 820 g/mol. The largest absolute Gasteiger partial charge is 0.481 e. The van der Waals surface area contributed by atoms with Gasteiger partial charge in [0.1, 0.15) is 73.2 Å². The number of carbonyl (C=O) groups is 1. The Morgan fingerprint density at radius 2 is 1.14 bits per heavy atom. The molecule has 18 nitrogen and oxygen atoms in total. The molecule has 0 aromatic carbocycles. The highest BCUT2D eigenvalue weighted by Gasteiger charge is 2.63. The molecule has 328 valence electrons. The first-order valence-corrected chi connectivity index (χ1v) is 20.2. The Hall–Kier alpha value is -1.43. The quantitative estimate of drug-likeness (QED) is 0.109. The molecule has 3 aliphatic heterocycles. The number of carboxylic acids is 1. The molecule has 3 saturated heterocycles. The van der Waals surface area contributed by atoms with Crippen LogP contribution < -0.4 is 0 Å². The predicted octanol–water partition coefficient (Wildman–Crippen LogP) is -1.74. The summed E-state index contributed by atoms with van der Waals surface area (Å²) in [6.45, 7) is 10.3. The van der Waals surface area contributed by atoms with Crippen molar-refractivity contribution in [3.8, 4) is 0 Å². The summed E-state index contributed by atoms with van der Waals surface area (Å²) in [5.41, 5.74) is -1.92. The molecule has 0 spiro atoms. The SMILES string of the molecule is C=C1C[C@@]2(C)CCC3[C@@](C)(CCC[C@@]3(C)C(=O)O)C2CC[C@@]1(C)OC1OC(CO)C(O)C(OC2OC(CO)C(O)C(O)C2O)C1OC1OC(CO)C(O)C(O)C1O. The summed E-state index contributed by atoms with van der Waals surface area (Å²) in [7, 11) is 0. The van der Waals surface area contributed by atoms with Crippen LogP contribution in [0.25, 0.3) is 0 Å². The highest BCUT2D eigenvalue weighted by atomic mass is 16.8. The van der Waals surface area contributed by atoms with Crippen molar-refractivity contribution in [2.75, 3.05) is 19.8 Å². The maximum absolute atomic E-state index is 12.7. The summed E-state index contributed by atoms with van der Waals surface area (Å²) in [5, 5.41) is 116. The summed E-state index contributed by atoms with van der Waals surface area (Å²) in [5.74, 6) is -0.736. The summed E-state index contributed by atoms with van der Waals surface area (Å²) in [6.07, 6.45) is -20.3. The Labute approximate surface area is 331 Å². The van der Waals surface area contributed by atoms with Crippen molar-refractivity contribution in [2.45, 2.75) is 177 Å². The minimum Gasteiger partial charge on any atom is -0.481 e. The Morgan fingerprint density at radius 3 is 1.67 bits per heavy atom. The van der Waals surface area contributed by atoms with Gasteiger partial charge in [-0.05, 0) is 87.0 Å². The van der Waals surface area contributed by atoms with Gasteiger partial charge in [0.25, 0.3) is 0 Å². The van der Waals surface area contributed by atoms with Crippen LogP contribution in [-0.2, 0) is 33.2 Å². The highest BCUT2D eigenvalue weighted by molar-refractivity contribution is 5.75. The molecule has 0 aromatic heterocycles. The van der Waals surface area contributed by atoms with Gasteiger partial charge < -0.3 is 84.6 Å². The maximum atomic E-state index is 12.7. The normalized spacial score (nSPS) is 53.4. The van der Waals surface area contributed by atoms with Crippen LogP contribution in [0.3, 0.4) is 0 Å². The lowest BCUT2D eigenvalue weighted by Gasteiger charge is -2.62. The zero-order valence-electron chi connectivity index (χ0n) is 33.1. The predicted molar refractivity (Wildman–Crippen MR) is 194 cm³/mol. The fourth-order valence-corrected chi connectivity index (χ4v) is 11.3. The van der Waals surface area contributed by atoms with Gasteiger partial charge in [0.05, 0.1) is 30.8 Å². The number of aliphatic hydroxyl groups excluding tert-OH is 10. The van der Waals surface area contributed by atoms with Gasteiger partial charge in [-0.2, -0.15) is 0 Å². The summed E-state index contributed by atoms with van der Waals surface area (Å²) >= 11 is 0. The molecule has 11 N–H and O–H groups in total. The van der Waals surface area contributed by atoms with Gasteiger partial charge in [0.15, 0.2) is 18.9 Å². The van der Waals surface area contributed by atoms with E-state index < -0.39 is 129 Å². The molecule has 17 unspecified atom stereocenters. The van der Waals surface area contributed by atoms with Gasteiger partial charge >= 0.3 is 5.97 Å². The Morgan fingerprint density at radius 1 is 0.649 bits per heavy atom. The lowest BCUT2D eigenvalue weighted by atomic mass is 9.42. The number of hydrogen-bond donors (Lipinski definition) is 11. The van der Waals surface area contributed by atoms with Crippen molar-refractivity contribution >= 4 is 5.97 Å². The van der Waals surface area contributed by atoms with Crippen LogP contribution in [0.4, 0.5) is 0 Å². The molecule has 6 fully saturated rings.